The molecule has 0 bridgehead atoms. The molecule has 0 aliphatic rings. The Morgan fingerprint density at radius 3 is 2.38 bits per heavy atom. The minimum absolute atomic E-state index is 0.0139. The van der Waals surface area contributed by atoms with Gasteiger partial charge in [0.25, 0.3) is 0 Å². The molecule has 72 valence electrons. The summed E-state index contributed by atoms with van der Waals surface area (Å²) < 4.78 is 0. The number of hydrogen-bond donors (Lipinski definition) is 2. The molecule has 0 radical (unpaired) electrons. The zero-order valence-electron chi connectivity index (χ0n) is 8.07. The molecule has 0 aliphatic heterocycles. The molecule has 1 rings (SSSR count). The second-order valence-electron chi connectivity index (χ2n) is 3.55. The highest BCUT2D eigenvalue weighted by atomic mass is 16.3. The SMILES string of the molecule is CC(C)C(O)c1ccccc1CO. The average Bonchev–Trinajstić information content (AvgIpc) is 2.16. The van der Waals surface area contributed by atoms with E-state index >= 15 is 0 Å². The zero-order chi connectivity index (χ0) is 9.84. The lowest BCUT2D eigenvalue weighted by Gasteiger charge is -2.17. The van der Waals surface area contributed by atoms with Crippen LogP contribution in [0.15, 0.2) is 24.3 Å². The van der Waals surface area contributed by atoms with E-state index in [0.29, 0.717) is 0 Å². The average molecular weight is 180 g/mol. The predicted molar refractivity (Wildman–Crippen MR) is 52.2 cm³/mol. The van der Waals surface area contributed by atoms with Gasteiger partial charge in [-0.25, -0.2) is 0 Å². The smallest absolute Gasteiger partial charge is 0.0816 e. The molecular weight excluding hydrogens is 164 g/mol. The van der Waals surface area contributed by atoms with E-state index in [-0.39, 0.29) is 12.5 Å². The van der Waals surface area contributed by atoms with Crippen molar-refractivity contribution < 1.29 is 10.2 Å². The van der Waals surface area contributed by atoms with Crippen molar-refractivity contribution in [3.63, 3.8) is 0 Å². The van der Waals surface area contributed by atoms with E-state index in [1.165, 1.54) is 0 Å². The third-order valence-electron chi connectivity index (χ3n) is 2.18. The fourth-order valence-electron chi connectivity index (χ4n) is 1.33. The van der Waals surface area contributed by atoms with E-state index in [1.807, 2.05) is 38.1 Å². The number of benzene rings is 1. The molecule has 1 aromatic rings. The fourth-order valence-corrected chi connectivity index (χ4v) is 1.33. The molecule has 0 heterocycles. The van der Waals surface area contributed by atoms with Crippen LogP contribution in [0, 0.1) is 5.92 Å². The second-order valence-corrected chi connectivity index (χ2v) is 3.55. The van der Waals surface area contributed by atoms with Crippen LogP contribution in [0.25, 0.3) is 0 Å². The Balaban J connectivity index is 2.98. The molecule has 1 atom stereocenters. The summed E-state index contributed by atoms with van der Waals surface area (Å²) in [6, 6.07) is 7.43. The van der Waals surface area contributed by atoms with Gasteiger partial charge in [0.05, 0.1) is 12.7 Å². The van der Waals surface area contributed by atoms with Crippen molar-refractivity contribution in [1.82, 2.24) is 0 Å². The molecule has 0 amide bonds. The van der Waals surface area contributed by atoms with E-state index in [2.05, 4.69) is 0 Å². The first-order valence-electron chi connectivity index (χ1n) is 4.53. The molecule has 0 saturated carbocycles. The lowest BCUT2D eigenvalue weighted by Crippen LogP contribution is -2.08. The molecular formula is C11H16O2. The van der Waals surface area contributed by atoms with Gasteiger partial charge in [-0.15, -0.1) is 0 Å². The fraction of sp³-hybridized carbons (Fsp3) is 0.455. The van der Waals surface area contributed by atoms with Crippen molar-refractivity contribution >= 4 is 0 Å². The number of hydrogen-bond acceptors (Lipinski definition) is 2. The third kappa shape index (κ3) is 2.29. The number of rotatable bonds is 3. The highest BCUT2D eigenvalue weighted by Crippen LogP contribution is 2.24. The van der Waals surface area contributed by atoms with Gasteiger partial charge in [-0.3, -0.25) is 0 Å². The molecule has 0 fully saturated rings. The lowest BCUT2D eigenvalue weighted by atomic mass is 9.95. The van der Waals surface area contributed by atoms with Crippen LogP contribution in [-0.2, 0) is 6.61 Å². The van der Waals surface area contributed by atoms with E-state index in [0.717, 1.165) is 11.1 Å². The Bertz CT molecular complexity index is 269. The molecule has 2 nitrogen and oxygen atoms in total. The maximum atomic E-state index is 9.80. The van der Waals surface area contributed by atoms with Crippen molar-refractivity contribution in [3.8, 4) is 0 Å². The first kappa shape index (κ1) is 10.2. The maximum Gasteiger partial charge on any atom is 0.0816 e. The van der Waals surface area contributed by atoms with Crippen LogP contribution in [0.4, 0.5) is 0 Å². The predicted octanol–water partition coefficient (Wildman–Crippen LogP) is 1.87. The minimum Gasteiger partial charge on any atom is -0.392 e. The van der Waals surface area contributed by atoms with Crippen LogP contribution in [-0.4, -0.2) is 10.2 Å². The minimum atomic E-state index is -0.483. The van der Waals surface area contributed by atoms with Gasteiger partial charge in [0.15, 0.2) is 0 Å². The molecule has 2 heteroatoms. The van der Waals surface area contributed by atoms with Crippen LogP contribution >= 0.6 is 0 Å². The van der Waals surface area contributed by atoms with E-state index in [4.69, 9.17) is 5.11 Å². The van der Waals surface area contributed by atoms with Crippen LogP contribution in [0.3, 0.4) is 0 Å². The van der Waals surface area contributed by atoms with Gasteiger partial charge in [0, 0.05) is 0 Å². The molecule has 0 aliphatic carbocycles. The highest BCUT2D eigenvalue weighted by Gasteiger charge is 2.14. The molecule has 0 aromatic heterocycles. The summed E-state index contributed by atoms with van der Waals surface area (Å²) >= 11 is 0. The van der Waals surface area contributed by atoms with Gasteiger partial charge in [0.2, 0.25) is 0 Å². The molecule has 2 N–H and O–H groups in total. The van der Waals surface area contributed by atoms with E-state index in [9.17, 15) is 5.11 Å². The van der Waals surface area contributed by atoms with Crippen molar-refractivity contribution in [3.05, 3.63) is 35.4 Å². The zero-order valence-corrected chi connectivity index (χ0v) is 8.07. The Kier molecular flexibility index (Phi) is 3.46. The van der Waals surface area contributed by atoms with Crippen molar-refractivity contribution in [2.45, 2.75) is 26.6 Å². The van der Waals surface area contributed by atoms with E-state index in [1.54, 1.807) is 0 Å². The summed E-state index contributed by atoms with van der Waals surface area (Å²) in [6.45, 7) is 3.90. The van der Waals surface area contributed by atoms with Gasteiger partial charge >= 0.3 is 0 Å². The molecule has 0 spiro atoms. The summed E-state index contributed by atoms with van der Waals surface area (Å²) in [5, 5.41) is 18.8. The first-order chi connectivity index (χ1) is 6.16. The second kappa shape index (κ2) is 4.40. The molecule has 1 aromatic carbocycles. The summed E-state index contributed by atoms with van der Waals surface area (Å²) in [4.78, 5) is 0. The summed E-state index contributed by atoms with van der Waals surface area (Å²) in [7, 11) is 0. The highest BCUT2D eigenvalue weighted by molar-refractivity contribution is 5.28. The number of aliphatic hydroxyl groups excluding tert-OH is 2. The largest absolute Gasteiger partial charge is 0.392 e. The van der Waals surface area contributed by atoms with Crippen molar-refractivity contribution in [2.75, 3.05) is 0 Å². The normalized spacial score (nSPS) is 13.3. The molecule has 0 saturated heterocycles. The maximum absolute atomic E-state index is 9.80. The van der Waals surface area contributed by atoms with E-state index < -0.39 is 6.10 Å². The topological polar surface area (TPSA) is 40.5 Å². The standard InChI is InChI=1S/C11H16O2/c1-8(2)11(13)10-6-4-3-5-9(10)7-12/h3-6,8,11-13H,7H2,1-2H3. The van der Waals surface area contributed by atoms with Crippen LogP contribution in [0.5, 0.6) is 0 Å². The van der Waals surface area contributed by atoms with Gasteiger partial charge in [-0.2, -0.15) is 0 Å². The van der Waals surface area contributed by atoms with Crippen LogP contribution in [0.2, 0.25) is 0 Å². The third-order valence-corrected chi connectivity index (χ3v) is 2.18. The monoisotopic (exact) mass is 180 g/mol. The number of aliphatic hydroxyl groups is 2. The van der Waals surface area contributed by atoms with Gasteiger partial charge in [-0.1, -0.05) is 38.1 Å². The lowest BCUT2D eigenvalue weighted by molar-refractivity contribution is 0.124. The summed E-state index contributed by atoms with van der Waals surface area (Å²) in [5.74, 6) is 0.174. The molecule has 1 unspecified atom stereocenters. The first-order valence-corrected chi connectivity index (χ1v) is 4.53. The van der Waals surface area contributed by atoms with Crippen LogP contribution < -0.4 is 0 Å². The summed E-state index contributed by atoms with van der Waals surface area (Å²) in [6.07, 6.45) is -0.483. The van der Waals surface area contributed by atoms with Gasteiger partial charge in [0.1, 0.15) is 0 Å². The Hall–Kier alpha value is -0.860. The Morgan fingerprint density at radius 1 is 1.23 bits per heavy atom. The van der Waals surface area contributed by atoms with Crippen molar-refractivity contribution in [1.29, 1.82) is 0 Å². The quantitative estimate of drug-likeness (QED) is 0.745. The van der Waals surface area contributed by atoms with Crippen molar-refractivity contribution in [2.24, 2.45) is 5.92 Å². The van der Waals surface area contributed by atoms with Gasteiger partial charge in [-0.05, 0) is 17.0 Å². The Labute approximate surface area is 78.8 Å². The van der Waals surface area contributed by atoms with Crippen LogP contribution in [0.1, 0.15) is 31.1 Å². The summed E-state index contributed by atoms with van der Waals surface area (Å²) in [5.41, 5.74) is 1.64. The molecule has 13 heavy (non-hydrogen) atoms. The Morgan fingerprint density at radius 2 is 1.85 bits per heavy atom. The van der Waals surface area contributed by atoms with Gasteiger partial charge < -0.3 is 10.2 Å².